The number of benzene rings is 1. The van der Waals surface area contributed by atoms with E-state index in [0.717, 1.165) is 4.68 Å². The number of aromatic nitrogens is 6. The number of rotatable bonds is 6. The molecule has 0 amide bonds. The van der Waals surface area contributed by atoms with Gasteiger partial charge >= 0.3 is 5.97 Å². The van der Waals surface area contributed by atoms with Gasteiger partial charge in [0, 0.05) is 6.07 Å². The largest absolute Gasteiger partial charge is 0.485 e. The van der Waals surface area contributed by atoms with Crippen LogP contribution in [0.15, 0.2) is 35.1 Å². The van der Waals surface area contributed by atoms with E-state index in [-0.39, 0.29) is 24.3 Å². The fourth-order valence-corrected chi connectivity index (χ4v) is 3.01. The van der Waals surface area contributed by atoms with Crippen molar-refractivity contribution in [3.63, 3.8) is 0 Å². The summed E-state index contributed by atoms with van der Waals surface area (Å²) in [7, 11) is 0. The van der Waals surface area contributed by atoms with E-state index in [2.05, 4.69) is 41.4 Å². The third kappa shape index (κ3) is 3.76. The van der Waals surface area contributed by atoms with Gasteiger partial charge in [0.15, 0.2) is 0 Å². The summed E-state index contributed by atoms with van der Waals surface area (Å²) in [5.74, 6) is -0.103. The van der Waals surface area contributed by atoms with Crippen molar-refractivity contribution in [1.82, 2.24) is 30.2 Å². The predicted molar refractivity (Wildman–Crippen MR) is 97.2 cm³/mol. The highest BCUT2D eigenvalue weighted by Crippen LogP contribution is 2.29. The Morgan fingerprint density at radius 1 is 1.32 bits per heavy atom. The van der Waals surface area contributed by atoms with E-state index in [1.165, 1.54) is 18.3 Å². The van der Waals surface area contributed by atoms with Crippen molar-refractivity contribution in [2.45, 2.75) is 12.6 Å². The molecule has 0 aliphatic carbocycles. The van der Waals surface area contributed by atoms with E-state index >= 15 is 0 Å². The Kier molecular flexibility index (Phi) is 4.86. The number of aliphatic carboxylic acids is 1. The summed E-state index contributed by atoms with van der Waals surface area (Å²) in [6.07, 6.45) is 2.95. The van der Waals surface area contributed by atoms with Crippen LogP contribution in [0.3, 0.4) is 0 Å². The molecule has 3 aromatic rings. The smallest absolute Gasteiger partial charge is 0.325 e. The number of nitrogens with zero attached hydrogens (tertiary/aromatic N) is 7. The molecule has 0 saturated carbocycles. The van der Waals surface area contributed by atoms with E-state index in [4.69, 9.17) is 9.84 Å². The van der Waals surface area contributed by atoms with Crippen LogP contribution in [0.25, 0.3) is 11.5 Å². The highest BCUT2D eigenvalue weighted by atomic mass is 79.9. The Morgan fingerprint density at radius 3 is 2.86 bits per heavy atom. The molecule has 0 bridgehead atoms. The fourth-order valence-electron chi connectivity index (χ4n) is 2.67. The first-order chi connectivity index (χ1) is 13.5. The molecule has 1 aliphatic heterocycles. The van der Waals surface area contributed by atoms with Gasteiger partial charge < -0.3 is 14.7 Å². The number of anilines is 1. The van der Waals surface area contributed by atoms with Crippen LogP contribution in [0.1, 0.15) is 0 Å². The van der Waals surface area contributed by atoms with Crippen LogP contribution in [-0.2, 0) is 11.3 Å². The SMILES string of the molecule is O=C(O)Cn1nnnc1-c1cnc(N2CC(Oc3cc(F)ccc3Br)C2)cn1. The highest BCUT2D eigenvalue weighted by molar-refractivity contribution is 9.10. The Morgan fingerprint density at radius 2 is 2.14 bits per heavy atom. The van der Waals surface area contributed by atoms with Gasteiger partial charge in [-0.3, -0.25) is 4.79 Å². The number of carboxylic acid groups (broad SMARTS) is 1. The van der Waals surface area contributed by atoms with Crippen LogP contribution in [-0.4, -0.2) is 60.4 Å². The van der Waals surface area contributed by atoms with Gasteiger partial charge in [-0.1, -0.05) is 0 Å². The van der Waals surface area contributed by atoms with Gasteiger partial charge in [-0.2, -0.15) is 0 Å². The number of carbonyl (C=O) groups is 1. The minimum atomic E-state index is -1.06. The van der Waals surface area contributed by atoms with Crippen LogP contribution in [0.4, 0.5) is 10.2 Å². The van der Waals surface area contributed by atoms with Crippen LogP contribution in [0.5, 0.6) is 5.75 Å². The molecule has 0 unspecified atom stereocenters. The maximum Gasteiger partial charge on any atom is 0.325 e. The van der Waals surface area contributed by atoms with E-state index < -0.39 is 5.97 Å². The summed E-state index contributed by atoms with van der Waals surface area (Å²) in [5, 5.41) is 19.8. The van der Waals surface area contributed by atoms with E-state index in [1.54, 1.807) is 12.3 Å². The molecule has 3 heterocycles. The molecular weight excluding hydrogens is 437 g/mol. The zero-order valence-corrected chi connectivity index (χ0v) is 15.8. The molecule has 2 aromatic heterocycles. The van der Waals surface area contributed by atoms with Crippen molar-refractivity contribution in [2.24, 2.45) is 0 Å². The summed E-state index contributed by atoms with van der Waals surface area (Å²) in [6, 6.07) is 4.29. The van der Waals surface area contributed by atoms with Gasteiger partial charge in [0.25, 0.3) is 0 Å². The highest BCUT2D eigenvalue weighted by Gasteiger charge is 2.30. The molecule has 1 N–H and O–H groups in total. The quantitative estimate of drug-likeness (QED) is 0.594. The lowest BCUT2D eigenvalue weighted by atomic mass is 10.1. The Labute approximate surface area is 166 Å². The standard InChI is InChI=1S/C16H13BrFN7O3/c17-11-2-1-9(18)3-13(11)28-10-6-24(7-10)14-5-19-12(4-20-14)16-21-22-23-25(16)8-15(26)27/h1-5,10H,6-8H2,(H,26,27). The lowest BCUT2D eigenvalue weighted by Gasteiger charge is -2.39. The molecule has 1 aromatic carbocycles. The lowest BCUT2D eigenvalue weighted by molar-refractivity contribution is -0.137. The van der Waals surface area contributed by atoms with Crippen molar-refractivity contribution in [1.29, 1.82) is 0 Å². The van der Waals surface area contributed by atoms with Crippen molar-refractivity contribution >= 4 is 27.7 Å². The third-order valence-corrected chi connectivity index (χ3v) is 4.70. The molecule has 4 rings (SSSR count). The van der Waals surface area contributed by atoms with Gasteiger partial charge in [0.2, 0.25) is 5.82 Å². The zero-order valence-electron chi connectivity index (χ0n) is 14.2. The molecule has 0 atom stereocenters. The van der Waals surface area contributed by atoms with E-state index in [9.17, 15) is 9.18 Å². The molecule has 28 heavy (non-hydrogen) atoms. The second kappa shape index (κ2) is 7.46. The monoisotopic (exact) mass is 449 g/mol. The van der Waals surface area contributed by atoms with Crippen LogP contribution in [0.2, 0.25) is 0 Å². The number of hydrogen-bond acceptors (Lipinski definition) is 8. The molecule has 1 fully saturated rings. The van der Waals surface area contributed by atoms with Crippen LogP contribution in [0, 0.1) is 5.82 Å². The average molecular weight is 450 g/mol. The molecule has 1 saturated heterocycles. The van der Waals surface area contributed by atoms with Crippen molar-refractivity contribution < 1.29 is 19.0 Å². The second-order valence-electron chi connectivity index (χ2n) is 6.03. The average Bonchev–Trinajstić information content (AvgIpc) is 3.08. The minimum absolute atomic E-state index is 0.0950. The lowest BCUT2D eigenvalue weighted by Crippen LogP contribution is -2.54. The van der Waals surface area contributed by atoms with E-state index in [0.29, 0.717) is 34.8 Å². The van der Waals surface area contributed by atoms with Crippen molar-refractivity contribution in [2.75, 3.05) is 18.0 Å². The van der Waals surface area contributed by atoms with Crippen molar-refractivity contribution in [3.8, 4) is 17.3 Å². The Balaban J connectivity index is 1.39. The van der Waals surface area contributed by atoms with Crippen molar-refractivity contribution in [3.05, 3.63) is 40.9 Å². The summed E-state index contributed by atoms with van der Waals surface area (Å²) >= 11 is 3.34. The van der Waals surface area contributed by atoms with Crippen LogP contribution < -0.4 is 9.64 Å². The van der Waals surface area contributed by atoms with Gasteiger partial charge in [-0.15, -0.1) is 5.10 Å². The summed E-state index contributed by atoms with van der Waals surface area (Å²) in [5.41, 5.74) is 0.368. The fraction of sp³-hybridized carbons (Fsp3) is 0.250. The molecular formula is C16H13BrFN7O3. The first-order valence-electron chi connectivity index (χ1n) is 8.16. The number of ether oxygens (including phenoxy) is 1. The van der Waals surface area contributed by atoms with Gasteiger partial charge in [-0.25, -0.2) is 19.0 Å². The minimum Gasteiger partial charge on any atom is -0.485 e. The molecule has 1 aliphatic rings. The molecule has 12 heteroatoms. The normalized spacial score (nSPS) is 14.0. The second-order valence-corrected chi connectivity index (χ2v) is 6.89. The van der Waals surface area contributed by atoms with Gasteiger partial charge in [-0.05, 0) is 38.5 Å². The number of hydrogen-bond donors (Lipinski definition) is 1. The number of carboxylic acids is 1. The number of halogens is 2. The Hall–Kier alpha value is -3.15. The van der Waals surface area contributed by atoms with E-state index in [1.807, 2.05) is 4.90 Å². The maximum atomic E-state index is 13.3. The predicted octanol–water partition coefficient (Wildman–Crippen LogP) is 1.38. The first-order valence-corrected chi connectivity index (χ1v) is 8.96. The summed E-state index contributed by atoms with van der Waals surface area (Å²) < 4.78 is 20.9. The summed E-state index contributed by atoms with van der Waals surface area (Å²) in [6.45, 7) is 0.786. The molecule has 0 spiro atoms. The zero-order chi connectivity index (χ0) is 19.7. The molecule has 0 radical (unpaired) electrons. The summed E-state index contributed by atoms with van der Waals surface area (Å²) in [4.78, 5) is 21.4. The first kappa shape index (κ1) is 18.2. The maximum absolute atomic E-state index is 13.3. The van der Waals surface area contributed by atoms with Gasteiger partial charge in [0.05, 0.1) is 30.0 Å². The Bertz CT molecular complexity index is 1010. The molecule has 10 nitrogen and oxygen atoms in total. The van der Waals surface area contributed by atoms with Gasteiger partial charge in [0.1, 0.15) is 35.7 Å². The topological polar surface area (TPSA) is 119 Å². The number of tetrazole rings is 1. The third-order valence-electron chi connectivity index (χ3n) is 4.04. The van der Waals surface area contributed by atoms with Crippen LogP contribution >= 0.6 is 15.9 Å². The molecule has 144 valence electrons.